The summed E-state index contributed by atoms with van der Waals surface area (Å²) in [6.45, 7) is 0. The SMILES string of the molecule is c1ccc(-c2nc(-c3ccc(-c4cccnc4)cc3)nc(-c3ccc(-c4ccc(-c5ccc6sc7ccccc7c6c5)c5oc6ccccc6c45)cc3)n2)cc1. The van der Waals surface area contributed by atoms with Crippen molar-refractivity contribution in [2.24, 2.45) is 0 Å². The number of nitrogens with zero attached hydrogens (tertiary/aromatic N) is 4. The highest BCUT2D eigenvalue weighted by atomic mass is 32.1. The van der Waals surface area contributed by atoms with Gasteiger partial charge >= 0.3 is 0 Å². The van der Waals surface area contributed by atoms with Gasteiger partial charge in [-0.25, -0.2) is 15.0 Å². The summed E-state index contributed by atoms with van der Waals surface area (Å²) in [5.41, 5.74) is 11.1. The van der Waals surface area contributed by atoms with E-state index in [2.05, 4.69) is 132 Å². The van der Waals surface area contributed by atoms with Crippen LogP contribution in [0.15, 0.2) is 187 Å². The third-order valence-corrected chi connectivity index (χ3v) is 11.6. The van der Waals surface area contributed by atoms with E-state index in [0.717, 1.165) is 72.0 Å². The van der Waals surface area contributed by atoms with Gasteiger partial charge in [0.1, 0.15) is 11.2 Å². The van der Waals surface area contributed by atoms with Crippen LogP contribution < -0.4 is 0 Å². The van der Waals surface area contributed by atoms with Crippen LogP contribution in [-0.2, 0) is 0 Å². The van der Waals surface area contributed by atoms with Crippen molar-refractivity contribution in [3.63, 3.8) is 0 Å². The molecule has 0 radical (unpaired) electrons. The second-order valence-electron chi connectivity index (χ2n) is 13.8. The lowest BCUT2D eigenvalue weighted by Gasteiger charge is -2.11. The summed E-state index contributed by atoms with van der Waals surface area (Å²) in [5, 5.41) is 4.75. The van der Waals surface area contributed by atoms with Crippen LogP contribution in [0.5, 0.6) is 0 Å². The van der Waals surface area contributed by atoms with E-state index in [1.165, 1.54) is 20.2 Å². The Hall–Kier alpha value is -7.28. The predicted molar refractivity (Wildman–Crippen MR) is 230 cm³/mol. The van der Waals surface area contributed by atoms with Gasteiger partial charge in [-0.05, 0) is 64.2 Å². The molecule has 11 aromatic rings. The highest BCUT2D eigenvalue weighted by Gasteiger charge is 2.19. The highest BCUT2D eigenvalue weighted by molar-refractivity contribution is 7.25. The number of benzene rings is 7. The number of aromatic nitrogens is 4. The zero-order valence-electron chi connectivity index (χ0n) is 29.9. The molecule has 0 spiro atoms. The summed E-state index contributed by atoms with van der Waals surface area (Å²) >= 11 is 1.83. The summed E-state index contributed by atoms with van der Waals surface area (Å²) in [7, 11) is 0. The average molecular weight is 735 g/mol. The molecular weight excluding hydrogens is 705 g/mol. The summed E-state index contributed by atoms with van der Waals surface area (Å²) in [5.74, 6) is 1.86. The number of para-hydroxylation sites is 1. The van der Waals surface area contributed by atoms with Gasteiger partial charge in [-0.3, -0.25) is 4.98 Å². The Morgan fingerprint density at radius 3 is 1.70 bits per heavy atom. The van der Waals surface area contributed by atoms with E-state index in [4.69, 9.17) is 19.4 Å². The molecule has 5 nitrogen and oxygen atoms in total. The fraction of sp³-hybridized carbons (Fsp3) is 0. The van der Waals surface area contributed by atoms with Gasteiger partial charge in [0.2, 0.25) is 0 Å². The van der Waals surface area contributed by atoms with E-state index in [1.54, 1.807) is 6.20 Å². The minimum absolute atomic E-state index is 0.613. The minimum atomic E-state index is 0.613. The second-order valence-corrected chi connectivity index (χ2v) is 14.9. The van der Waals surface area contributed by atoms with Crippen LogP contribution in [0.2, 0.25) is 0 Å². The maximum Gasteiger partial charge on any atom is 0.164 e. The maximum atomic E-state index is 6.69. The Labute approximate surface area is 326 Å². The Morgan fingerprint density at radius 1 is 0.393 bits per heavy atom. The number of hydrogen-bond donors (Lipinski definition) is 0. The third kappa shape index (κ3) is 5.54. The largest absolute Gasteiger partial charge is 0.455 e. The van der Waals surface area contributed by atoms with Crippen molar-refractivity contribution in [2.75, 3.05) is 0 Å². The summed E-state index contributed by atoms with van der Waals surface area (Å²) in [6, 6.07) is 59.0. The van der Waals surface area contributed by atoms with Crippen LogP contribution in [0.1, 0.15) is 0 Å². The fourth-order valence-corrected chi connectivity index (χ4v) is 8.77. The molecule has 0 amide bonds. The molecule has 56 heavy (non-hydrogen) atoms. The van der Waals surface area contributed by atoms with Gasteiger partial charge in [-0.2, -0.15) is 0 Å². The van der Waals surface area contributed by atoms with Crippen molar-refractivity contribution in [3.8, 4) is 67.5 Å². The maximum absolute atomic E-state index is 6.69. The van der Waals surface area contributed by atoms with Crippen LogP contribution in [0.3, 0.4) is 0 Å². The lowest BCUT2D eigenvalue weighted by Crippen LogP contribution is -2.00. The molecule has 0 saturated carbocycles. The molecule has 0 bridgehead atoms. The fourth-order valence-electron chi connectivity index (χ4n) is 7.68. The molecule has 0 unspecified atom stereocenters. The molecular formula is C50H30N4OS. The van der Waals surface area contributed by atoms with Crippen LogP contribution in [0.4, 0.5) is 0 Å². The molecule has 7 aromatic carbocycles. The number of thiophene rings is 1. The van der Waals surface area contributed by atoms with Gasteiger partial charge < -0.3 is 4.42 Å². The highest BCUT2D eigenvalue weighted by Crippen LogP contribution is 2.44. The quantitative estimate of drug-likeness (QED) is 0.170. The number of rotatable bonds is 6. The van der Waals surface area contributed by atoms with Crippen LogP contribution in [0, 0.1) is 0 Å². The molecule has 6 heteroatoms. The molecule has 0 aliphatic heterocycles. The predicted octanol–water partition coefficient (Wildman–Crippen LogP) is 13.5. The zero-order chi connectivity index (χ0) is 37.0. The van der Waals surface area contributed by atoms with Gasteiger partial charge in [0, 0.05) is 65.6 Å². The number of hydrogen-bond acceptors (Lipinski definition) is 6. The van der Waals surface area contributed by atoms with E-state index < -0.39 is 0 Å². The summed E-state index contributed by atoms with van der Waals surface area (Å²) in [4.78, 5) is 19.2. The van der Waals surface area contributed by atoms with E-state index in [1.807, 2.05) is 60.0 Å². The van der Waals surface area contributed by atoms with Crippen molar-refractivity contribution >= 4 is 53.4 Å². The van der Waals surface area contributed by atoms with Gasteiger partial charge in [0.05, 0.1) is 0 Å². The molecule has 0 aliphatic rings. The summed E-state index contributed by atoms with van der Waals surface area (Å²) in [6.07, 6.45) is 3.65. The molecule has 0 aliphatic carbocycles. The van der Waals surface area contributed by atoms with Crippen LogP contribution in [-0.4, -0.2) is 19.9 Å². The van der Waals surface area contributed by atoms with Crippen molar-refractivity contribution in [3.05, 3.63) is 182 Å². The smallest absolute Gasteiger partial charge is 0.164 e. The first-order chi connectivity index (χ1) is 27.7. The normalized spacial score (nSPS) is 11.6. The first kappa shape index (κ1) is 32.2. The number of pyridine rings is 1. The number of furan rings is 1. The van der Waals surface area contributed by atoms with E-state index in [9.17, 15) is 0 Å². The van der Waals surface area contributed by atoms with Crippen LogP contribution >= 0.6 is 11.3 Å². The Bertz CT molecular complexity index is 3230. The zero-order valence-corrected chi connectivity index (χ0v) is 30.7. The number of fused-ring (bicyclic) bond motifs is 6. The molecule has 11 rings (SSSR count). The van der Waals surface area contributed by atoms with Crippen molar-refractivity contribution in [1.29, 1.82) is 0 Å². The van der Waals surface area contributed by atoms with E-state index in [-0.39, 0.29) is 0 Å². The van der Waals surface area contributed by atoms with Crippen molar-refractivity contribution < 1.29 is 4.42 Å². The molecule has 4 aromatic heterocycles. The van der Waals surface area contributed by atoms with Gasteiger partial charge in [-0.15, -0.1) is 11.3 Å². The van der Waals surface area contributed by atoms with Gasteiger partial charge in [0.15, 0.2) is 17.5 Å². The Kier molecular flexibility index (Phi) is 7.60. The lowest BCUT2D eigenvalue weighted by molar-refractivity contribution is 0.670. The second kappa shape index (κ2) is 13.2. The molecule has 0 saturated heterocycles. The minimum Gasteiger partial charge on any atom is -0.455 e. The van der Waals surface area contributed by atoms with Crippen molar-refractivity contribution in [1.82, 2.24) is 19.9 Å². The van der Waals surface area contributed by atoms with Crippen LogP contribution in [0.25, 0.3) is 110 Å². The molecule has 4 heterocycles. The topological polar surface area (TPSA) is 64.7 Å². The Balaban J connectivity index is 1.01. The third-order valence-electron chi connectivity index (χ3n) is 10.5. The summed E-state index contributed by atoms with van der Waals surface area (Å²) < 4.78 is 9.27. The van der Waals surface area contributed by atoms with E-state index in [0.29, 0.717) is 17.5 Å². The van der Waals surface area contributed by atoms with Gasteiger partial charge in [-0.1, -0.05) is 133 Å². The Morgan fingerprint density at radius 2 is 0.964 bits per heavy atom. The standard InChI is InChI=1S/C50H30N4OS/c1-2-9-33(10-3-1)48-52-49(34-20-16-31(17-21-34)37-11-8-28-51-30-37)54-50(53-48)35-22-18-32(19-23-35)38-25-26-39(47-46(38)41-13-4-6-14-43(41)55-47)36-24-27-45-42(29-36)40-12-5-7-15-44(40)56-45/h1-30H. The molecule has 0 N–H and O–H groups in total. The monoisotopic (exact) mass is 734 g/mol. The average Bonchev–Trinajstić information content (AvgIpc) is 3.85. The van der Waals surface area contributed by atoms with Gasteiger partial charge in [0.25, 0.3) is 0 Å². The first-order valence-corrected chi connectivity index (χ1v) is 19.3. The van der Waals surface area contributed by atoms with E-state index >= 15 is 0 Å². The lowest BCUT2D eigenvalue weighted by atomic mass is 9.93. The first-order valence-electron chi connectivity index (χ1n) is 18.5. The van der Waals surface area contributed by atoms with Crippen molar-refractivity contribution in [2.45, 2.75) is 0 Å². The molecule has 0 atom stereocenters. The molecule has 262 valence electrons. The molecule has 0 fully saturated rings.